The molecule has 1 amide bonds. The van der Waals surface area contributed by atoms with Gasteiger partial charge < -0.3 is 9.84 Å². The monoisotopic (exact) mass is 403 g/mol. The third-order valence-electron chi connectivity index (χ3n) is 4.10. The molecule has 28 heavy (non-hydrogen) atoms. The lowest BCUT2D eigenvalue weighted by atomic mass is 10.1. The second-order valence-electron chi connectivity index (χ2n) is 6.13. The van der Waals surface area contributed by atoms with E-state index in [4.69, 9.17) is 4.52 Å². The van der Waals surface area contributed by atoms with Gasteiger partial charge in [-0.25, -0.2) is 8.78 Å². The molecule has 146 valence electrons. The van der Waals surface area contributed by atoms with E-state index in [0.717, 1.165) is 24.1 Å². The van der Waals surface area contributed by atoms with Crippen molar-refractivity contribution in [1.82, 2.24) is 10.1 Å². The molecule has 0 aliphatic carbocycles. The molecule has 2 aromatic carbocycles. The van der Waals surface area contributed by atoms with E-state index in [1.54, 1.807) is 6.92 Å². The van der Waals surface area contributed by atoms with Crippen LogP contribution in [0.15, 0.2) is 47.0 Å². The van der Waals surface area contributed by atoms with Crippen molar-refractivity contribution in [3.05, 3.63) is 65.6 Å². The lowest BCUT2D eigenvalue weighted by molar-refractivity contribution is -0.115. The second-order valence-corrected chi connectivity index (χ2v) is 7.46. The molecule has 0 spiro atoms. The lowest BCUT2D eigenvalue weighted by Crippen LogP contribution is -2.22. The van der Waals surface area contributed by atoms with Crippen LogP contribution in [-0.2, 0) is 17.0 Å². The van der Waals surface area contributed by atoms with E-state index in [1.165, 1.54) is 23.4 Å². The highest BCUT2D eigenvalue weighted by Gasteiger charge is 2.17. The van der Waals surface area contributed by atoms with Gasteiger partial charge in [0.05, 0.1) is 11.0 Å². The second kappa shape index (κ2) is 8.97. The molecule has 5 nitrogen and oxygen atoms in total. The Balaban J connectivity index is 1.55. The van der Waals surface area contributed by atoms with E-state index in [9.17, 15) is 13.6 Å². The summed E-state index contributed by atoms with van der Waals surface area (Å²) in [4.78, 5) is 16.6. The maximum atomic E-state index is 13.2. The third-order valence-corrected chi connectivity index (χ3v) is 5.23. The van der Waals surface area contributed by atoms with Crippen molar-refractivity contribution in [1.29, 1.82) is 0 Å². The molecule has 1 unspecified atom stereocenters. The highest BCUT2D eigenvalue weighted by atomic mass is 32.2. The largest absolute Gasteiger partial charge is 0.338 e. The molecule has 0 radical (unpaired) electrons. The van der Waals surface area contributed by atoms with Crippen molar-refractivity contribution in [2.45, 2.75) is 31.3 Å². The minimum atomic E-state index is -1.01. The number of halogens is 2. The molecule has 0 saturated carbocycles. The van der Waals surface area contributed by atoms with Crippen molar-refractivity contribution in [3.8, 4) is 11.4 Å². The van der Waals surface area contributed by atoms with Gasteiger partial charge in [-0.15, -0.1) is 11.8 Å². The van der Waals surface area contributed by atoms with Gasteiger partial charge >= 0.3 is 0 Å². The third kappa shape index (κ3) is 4.95. The maximum Gasteiger partial charge on any atom is 0.237 e. The molecule has 1 aromatic heterocycles. The number of aromatic nitrogens is 2. The number of amides is 1. The molecule has 0 fully saturated rings. The van der Waals surface area contributed by atoms with Crippen LogP contribution in [-0.4, -0.2) is 21.3 Å². The fourth-order valence-corrected chi connectivity index (χ4v) is 3.13. The van der Waals surface area contributed by atoms with Crippen molar-refractivity contribution in [2.24, 2.45) is 0 Å². The van der Waals surface area contributed by atoms with Crippen molar-refractivity contribution in [2.75, 3.05) is 5.32 Å². The number of carbonyl (C=O) groups is 1. The number of aryl methyl sites for hydroxylation is 1. The number of benzene rings is 2. The summed E-state index contributed by atoms with van der Waals surface area (Å²) >= 11 is 1.30. The first-order valence-electron chi connectivity index (χ1n) is 8.75. The number of carbonyl (C=O) groups excluding carboxylic acids is 1. The number of thioether (sulfide) groups is 1. The lowest BCUT2D eigenvalue weighted by Gasteiger charge is -2.11. The van der Waals surface area contributed by atoms with Gasteiger partial charge in [-0.1, -0.05) is 36.3 Å². The summed E-state index contributed by atoms with van der Waals surface area (Å²) < 4.78 is 31.4. The van der Waals surface area contributed by atoms with Gasteiger partial charge in [0.25, 0.3) is 0 Å². The SMILES string of the molecule is CCc1ccc(-c2noc(CSC(C)C(=O)Nc3ccc(F)c(F)c3)n2)cc1. The first kappa shape index (κ1) is 20.0. The Morgan fingerprint density at radius 1 is 1.18 bits per heavy atom. The van der Waals surface area contributed by atoms with E-state index < -0.39 is 16.9 Å². The number of hydrogen-bond acceptors (Lipinski definition) is 5. The zero-order valence-corrected chi connectivity index (χ0v) is 16.2. The normalized spacial score (nSPS) is 12.0. The minimum Gasteiger partial charge on any atom is -0.338 e. The summed E-state index contributed by atoms with van der Waals surface area (Å²) in [5.41, 5.74) is 2.29. The van der Waals surface area contributed by atoms with Crippen LogP contribution in [0.1, 0.15) is 25.3 Å². The van der Waals surface area contributed by atoms with Crippen LogP contribution in [0.4, 0.5) is 14.5 Å². The zero-order chi connectivity index (χ0) is 20.1. The highest BCUT2D eigenvalue weighted by molar-refractivity contribution is 7.99. The molecule has 1 heterocycles. The first-order chi connectivity index (χ1) is 13.5. The number of anilines is 1. The molecule has 3 rings (SSSR count). The van der Waals surface area contributed by atoms with E-state index in [-0.39, 0.29) is 11.6 Å². The average molecular weight is 403 g/mol. The van der Waals surface area contributed by atoms with Crippen molar-refractivity contribution < 1.29 is 18.1 Å². The Labute approximate surface area is 165 Å². The topological polar surface area (TPSA) is 68.0 Å². The predicted octanol–water partition coefficient (Wildman–Crippen LogP) is 4.84. The average Bonchev–Trinajstić information content (AvgIpc) is 3.18. The molecule has 1 atom stereocenters. The fourth-order valence-electron chi connectivity index (χ4n) is 2.41. The molecule has 0 aliphatic heterocycles. The van der Waals surface area contributed by atoms with Gasteiger partial charge in [0.15, 0.2) is 11.6 Å². The van der Waals surface area contributed by atoms with E-state index >= 15 is 0 Å². The fraction of sp³-hybridized carbons (Fsp3) is 0.250. The Bertz CT molecular complexity index is 960. The van der Waals surface area contributed by atoms with Crippen molar-refractivity contribution in [3.63, 3.8) is 0 Å². The van der Waals surface area contributed by atoms with Gasteiger partial charge in [-0.2, -0.15) is 4.98 Å². The maximum absolute atomic E-state index is 13.2. The van der Waals surface area contributed by atoms with Gasteiger partial charge in [-0.05, 0) is 31.0 Å². The van der Waals surface area contributed by atoms with Crippen LogP contribution in [0.2, 0.25) is 0 Å². The zero-order valence-electron chi connectivity index (χ0n) is 15.4. The van der Waals surface area contributed by atoms with Crippen LogP contribution >= 0.6 is 11.8 Å². The van der Waals surface area contributed by atoms with Gasteiger partial charge in [0, 0.05) is 17.3 Å². The molecule has 0 aliphatic rings. The molecule has 0 bridgehead atoms. The van der Waals surface area contributed by atoms with Gasteiger partial charge in [0.2, 0.25) is 17.6 Å². The van der Waals surface area contributed by atoms with Crippen LogP contribution in [0.3, 0.4) is 0 Å². The molecule has 0 saturated heterocycles. The summed E-state index contributed by atoms with van der Waals surface area (Å²) in [5, 5.41) is 6.08. The Morgan fingerprint density at radius 2 is 1.93 bits per heavy atom. The molecular weight excluding hydrogens is 384 g/mol. The standard InChI is InChI=1S/C20H19F2N3O2S/c1-3-13-4-6-14(7-5-13)19-24-18(27-25-19)11-28-12(2)20(26)23-15-8-9-16(21)17(22)10-15/h4-10,12H,3,11H2,1-2H3,(H,23,26). The van der Waals surface area contributed by atoms with Crippen LogP contribution in [0.25, 0.3) is 11.4 Å². The number of rotatable bonds is 7. The summed E-state index contributed by atoms with van der Waals surface area (Å²) in [6.45, 7) is 3.79. The van der Waals surface area contributed by atoms with E-state index in [1.807, 2.05) is 24.3 Å². The molecule has 3 aromatic rings. The summed E-state index contributed by atoms with van der Waals surface area (Å²) in [6.07, 6.45) is 0.957. The molecular formula is C20H19F2N3O2S. The Morgan fingerprint density at radius 3 is 2.61 bits per heavy atom. The smallest absolute Gasteiger partial charge is 0.237 e. The van der Waals surface area contributed by atoms with E-state index in [2.05, 4.69) is 22.4 Å². The number of nitrogens with zero attached hydrogens (tertiary/aromatic N) is 2. The van der Waals surface area contributed by atoms with Crippen molar-refractivity contribution >= 4 is 23.4 Å². The predicted molar refractivity (Wildman–Crippen MR) is 105 cm³/mol. The van der Waals surface area contributed by atoms with Gasteiger partial charge in [0.1, 0.15) is 0 Å². The van der Waals surface area contributed by atoms with E-state index in [0.29, 0.717) is 17.5 Å². The Hall–Kier alpha value is -2.74. The highest BCUT2D eigenvalue weighted by Crippen LogP contribution is 2.22. The van der Waals surface area contributed by atoms with Crippen LogP contribution < -0.4 is 5.32 Å². The minimum absolute atomic E-state index is 0.201. The summed E-state index contributed by atoms with van der Waals surface area (Å²) in [7, 11) is 0. The molecule has 8 heteroatoms. The van der Waals surface area contributed by atoms with Crippen LogP contribution in [0, 0.1) is 11.6 Å². The van der Waals surface area contributed by atoms with Gasteiger partial charge in [-0.3, -0.25) is 4.79 Å². The summed E-state index contributed by atoms with van der Waals surface area (Å²) in [6, 6.07) is 11.1. The molecule has 1 N–H and O–H groups in total. The Kier molecular flexibility index (Phi) is 6.41. The first-order valence-corrected chi connectivity index (χ1v) is 9.80. The summed E-state index contributed by atoms with van der Waals surface area (Å²) in [5.74, 6) is -1.04. The van der Waals surface area contributed by atoms with Crippen LogP contribution in [0.5, 0.6) is 0 Å². The number of nitrogens with one attached hydrogen (secondary N) is 1. The number of hydrogen-bond donors (Lipinski definition) is 1. The quantitative estimate of drug-likeness (QED) is 0.612.